The van der Waals surface area contributed by atoms with Crippen LogP contribution in [0.15, 0.2) is 66.7 Å². The monoisotopic (exact) mass is 477 g/mol. The van der Waals surface area contributed by atoms with Crippen LogP contribution in [0.2, 0.25) is 0 Å². The number of anilines is 1. The van der Waals surface area contributed by atoms with Crippen LogP contribution in [0.25, 0.3) is 0 Å². The standard InChI is InChI=1S/C27H28FN3O4/c1-16(2)15-31-23(25(33)29-14-17-6-4-3-5-7-17)27-13-12-20(35-27)21(22(27)26(31)34)24(32)30-19-10-8-18(28)9-11-19/h3-13,16,20-23H,14-15H2,1-2H3,(H,29,33)(H,30,32)/t20-,21+,22+,23-,27+/m1/s1. The number of nitrogens with zero attached hydrogens (tertiary/aromatic N) is 1. The number of amides is 3. The van der Waals surface area contributed by atoms with Crippen molar-refractivity contribution in [3.63, 3.8) is 0 Å². The zero-order valence-electron chi connectivity index (χ0n) is 19.6. The van der Waals surface area contributed by atoms with Gasteiger partial charge in [-0.05, 0) is 35.7 Å². The van der Waals surface area contributed by atoms with Crippen molar-refractivity contribution in [2.24, 2.45) is 17.8 Å². The van der Waals surface area contributed by atoms with E-state index in [-0.39, 0.29) is 23.6 Å². The van der Waals surface area contributed by atoms with Crippen LogP contribution in [-0.2, 0) is 25.7 Å². The zero-order valence-corrected chi connectivity index (χ0v) is 19.6. The number of carbonyl (C=O) groups is 3. The topological polar surface area (TPSA) is 87.7 Å². The maximum absolute atomic E-state index is 13.7. The largest absolute Gasteiger partial charge is 0.359 e. The van der Waals surface area contributed by atoms with E-state index in [4.69, 9.17) is 4.74 Å². The summed E-state index contributed by atoms with van der Waals surface area (Å²) in [6.07, 6.45) is 2.94. The molecule has 2 N–H and O–H groups in total. The molecule has 2 fully saturated rings. The lowest BCUT2D eigenvalue weighted by Crippen LogP contribution is -2.55. The van der Waals surface area contributed by atoms with Crippen molar-refractivity contribution in [1.82, 2.24) is 10.2 Å². The predicted molar refractivity (Wildman–Crippen MR) is 127 cm³/mol. The van der Waals surface area contributed by atoms with Crippen molar-refractivity contribution < 1.29 is 23.5 Å². The van der Waals surface area contributed by atoms with Crippen LogP contribution in [0.4, 0.5) is 10.1 Å². The van der Waals surface area contributed by atoms with Crippen LogP contribution in [0, 0.1) is 23.6 Å². The molecule has 3 aliphatic heterocycles. The summed E-state index contributed by atoms with van der Waals surface area (Å²) in [5.41, 5.74) is 0.166. The van der Waals surface area contributed by atoms with E-state index in [2.05, 4.69) is 10.6 Å². The molecule has 0 saturated carbocycles. The van der Waals surface area contributed by atoms with Gasteiger partial charge in [-0.25, -0.2) is 4.39 Å². The fraction of sp³-hybridized carbons (Fsp3) is 0.370. The van der Waals surface area contributed by atoms with Gasteiger partial charge in [0, 0.05) is 18.8 Å². The fourth-order valence-corrected chi connectivity index (χ4v) is 5.50. The van der Waals surface area contributed by atoms with Gasteiger partial charge >= 0.3 is 0 Å². The third-order valence-electron chi connectivity index (χ3n) is 6.91. The Morgan fingerprint density at radius 1 is 1.09 bits per heavy atom. The number of fused-ring (bicyclic) bond motifs is 1. The third kappa shape index (κ3) is 4.01. The zero-order chi connectivity index (χ0) is 24.7. The molecule has 35 heavy (non-hydrogen) atoms. The second kappa shape index (κ2) is 8.92. The van der Waals surface area contributed by atoms with Gasteiger partial charge in [0.15, 0.2) is 0 Å². The van der Waals surface area contributed by atoms with Gasteiger partial charge in [-0.1, -0.05) is 56.3 Å². The van der Waals surface area contributed by atoms with Gasteiger partial charge in [0.25, 0.3) is 0 Å². The van der Waals surface area contributed by atoms with Crippen molar-refractivity contribution in [3.05, 3.63) is 78.1 Å². The van der Waals surface area contributed by atoms with Crippen molar-refractivity contribution in [2.75, 3.05) is 11.9 Å². The van der Waals surface area contributed by atoms with Crippen LogP contribution in [-0.4, -0.2) is 46.9 Å². The van der Waals surface area contributed by atoms with Gasteiger partial charge in [0.05, 0.1) is 17.9 Å². The highest BCUT2D eigenvalue weighted by Crippen LogP contribution is 2.55. The summed E-state index contributed by atoms with van der Waals surface area (Å²) in [6, 6.07) is 14.1. The predicted octanol–water partition coefficient (Wildman–Crippen LogP) is 2.89. The number of rotatable bonds is 7. The molecular formula is C27H28FN3O4. The minimum Gasteiger partial charge on any atom is -0.359 e. The quantitative estimate of drug-likeness (QED) is 0.601. The first-order valence-corrected chi connectivity index (χ1v) is 11.9. The van der Waals surface area contributed by atoms with Crippen LogP contribution in [0.3, 0.4) is 0 Å². The molecule has 7 nitrogen and oxygen atoms in total. The molecule has 1 spiro atoms. The molecule has 0 aliphatic carbocycles. The van der Waals surface area contributed by atoms with E-state index in [1.54, 1.807) is 17.1 Å². The number of benzene rings is 2. The van der Waals surface area contributed by atoms with E-state index in [0.717, 1.165) is 5.56 Å². The number of nitrogens with one attached hydrogen (secondary N) is 2. The highest BCUT2D eigenvalue weighted by atomic mass is 19.1. The van der Waals surface area contributed by atoms with Gasteiger partial charge in [-0.15, -0.1) is 0 Å². The Kier molecular flexibility index (Phi) is 5.92. The van der Waals surface area contributed by atoms with Gasteiger partial charge in [-0.2, -0.15) is 0 Å². The molecule has 0 aromatic heterocycles. The Bertz CT molecular complexity index is 1170. The van der Waals surface area contributed by atoms with Crippen LogP contribution in [0.5, 0.6) is 0 Å². The summed E-state index contributed by atoms with van der Waals surface area (Å²) in [5.74, 6) is -2.86. The van der Waals surface area contributed by atoms with Crippen molar-refractivity contribution in [1.29, 1.82) is 0 Å². The second-order valence-corrected chi connectivity index (χ2v) is 9.79. The Balaban J connectivity index is 1.42. The maximum Gasteiger partial charge on any atom is 0.246 e. The minimum atomic E-state index is -1.21. The van der Waals surface area contributed by atoms with E-state index in [9.17, 15) is 18.8 Å². The molecule has 2 aromatic rings. The molecule has 2 saturated heterocycles. The van der Waals surface area contributed by atoms with E-state index in [1.807, 2.05) is 44.2 Å². The Morgan fingerprint density at radius 3 is 2.49 bits per heavy atom. The number of hydrogen-bond acceptors (Lipinski definition) is 4. The summed E-state index contributed by atoms with van der Waals surface area (Å²) in [5, 5.41) is 5.74. The molecule has 2 bridgehead atoms. The maximum atomic E-state index is 13.7. The molecular weight excluding hydrogens is 449 g/mol. The average molecular weight is 478 g/mol. The number of likely N-dealkylation sites (tertiary alicyclic amines) is 1. The number of hydrogen-bond donors (Lipinski definition) is 2. The van der Waals surface area contributed by atoms with E-state index < -0.39 is 35.4 Å². The van der Waals surface area contributed by atoms with Gasteiger partial charge < -0.3 is 20.3 Å². The summed E-state index contributed by atoms with van der Waals surface area (Å²) in [4.78, 5) is 42.1. The van der Waals surface area contributed by atoms with Crippen LogP contribution < -0.4 is 10.6 Å². The summed E-state index contributed by atoms with van der Waals surface area (Å²) < 4.78 is 19.6. The Labute approximate surface area is 203 Å². The fourth-order valence-electron chi connectivity index (χ4n) is 5.50. The molecule has 5 atom stereocenters. The first-order chi connectivity index (χ1) is 16.8. The number of ether oxygens (including phenoxy) is 1. The molecule has 2 aromatic carbocycles. The summed E-state index contributed by atoms with van der Waals surface area (Å²) >= 11 is 0. The van der Waals surface area contributed by atoms with Gasteiger partial charge in [0.1, 0.15) is 17.5 Å². The normalized spacial score (nSPS) is 28.5. The summed E-state index contributed by atoms with van der Waals surface area (Å²) in [7, 11) is 0. The number of carbonyl (C=O) groups excluding carboxylic acids is 3. The highest BCUT2D eigenvalue weighted by Gasteiger charge is 2.72. The third-order valence-corrected chi connectivity index (χ3v) is 6.91. The molecule has 8 heteroatoms. The van der Waals surface area contributed by atoms with E-state index >= 15 is 0 Å². The Morgan fingerprint density at radius 2 is 1.80 bits per heavy atom. The highest BCUT2D eigenvalue weighted by molar-refractivity contribution is 6.02. The first-order valence-electron chi connectivity index (χ1n) is 11.9. The molecule has 5 rings (SSSR count). The molecule has 182 valence electrons. The molecule has 0 unspecified atom stereocenters. The lowest BCUT2D eigenvalue weighted by Gasteiger charge is -2.32. The molecule has 3 amide bonds. The number of halogens is 1. The van der Waals surface area contributed by atoms with Crippen LogP contribution in [0.1, 0.15) is 19.4 Å². The average Bonchev–Trinajstić information content (AvgIpc) is 3.47. The van der Waals surface area contributed by atoms with E-state index in [0.29, 0.717) is 18.8 Å². The smallest absolute Gasteiger partial charge is 0.246 e. The lowest BCUT2D eigenvalue weighted by molar-refractivity contribution is -0.141. The molecule has 3 heterocycles. The van der Waals surface area contributed by atoms with Crippen molar-refractivity contribution in [3.8, 4) is 0 Å². The SMILES string of the molecule is CC(C)CN1C(=O)[C@@H]2[C@@H](C(=O)Nc3ccc(F)cc3)[C@H]3C=C[C@@]2(O3)[C@H]1C(=O)NCc1ccccc1. The van der Waals surface area contributed by atoms with Crippen molar-refractivity contribution >= 4 is 23.4 Å². The molecule has 0 radical (unpaired) electrons. The van der Waals surface area contributed by atoms with Crippen molar-refractivity contribution in [2.45, 2.75) is 38.1 Å². The lowest BCUT2D eigenvalue weighted by atomic mass is 9.74. The van der Waals surface area contributed by atoms with Gasteiger partial charge in [-0.3, -0.25) is 14.4 Å². The second-order valence-electron chi connectivity index (χ2n) is 9.79. The minimum absolute atomic E-state index is 0.117. The van der Waals surface area contributed by atoms with Gasteiger partial charge in [0.2, 0.25) is 17.7 Å². The summed E-state index contributed by atoms with van der Waals surface area (Å²) in [6.45, 7) is 4.65. The van der Waals surface area contributed by atoms with Crippen LogP contribution >= 0.6 is 0 Å². The van der Waals surface area contributed by atoms with E-state index in [1.165, 1.54) is 24.3 Å². The first kappa shape index (κ1) is 23.2. The Hall–Kier alpha value is -3.52. The molecule has 3 aliphatic rings.